The van der Waals surface area contributed by atoms with Crippen LogP contribution in [0, 0.1) is 9.39 Å². The molecule has 0 saturated heterocycles. The quantitative estimate of drug-likeness (QED) is 0.823. The van der Waals surface area contributed by atoms with Crippen LogP contribution >= 0.6 is 34.2 Å². The third-order valence-corrected chi connectivity index (χ3v) is 3.36. The zero-order valence-corrected chi connectivity index (χ0v) is 12.5. The molecular formula is C12H10ClFIN3. The number of hydrogen-bond acceptors (Lipinski definition) is 3. The fourth-order valence-electron chi connectivity index (χ4n) is 1.46. The van der Waals surface area contributed by atoms with Gasteiger partial charge in [0.1, 0.15) is 5.82 Å². The van der Waals surface area contributed by atoms with Gasteiger partial charge in [-0.25, -0.2) is 14.4 Å². The Balaban J connectivity index is 2.51. The second kappa shape index (κ2) is 5.79. The van der Waals surface area contributed by atoms with Gasteiger partial charge in [-0.15, -0.1) is 0 Å². The Bertz CT molecular complexity index is 577. The second-order valence-electron chi connectivity index (χ2n) is 3.52. The normalized spacial score (nSPS) is 10.4. The van der Waals surface area contributed by atoms with Crippen molar-refractivity contribution in [3.8, 4) is 11.4 Å². The van der Waals surface area contributed by atoms with Gasteiger partial charge in [0.05, 0.1) is 14.2 Å². The minimum absolute atomic E-state index is 0.0691. The average Bonchev–Trinajstić information content (AvgIpc) is 2.36. The molecule has 0 aliphatic rings. The number of nitrogens with one attached hydrogen (secondary N) is 1. The highest BCUT2D eigenvalue weighted by Crippen LogP contribution is 2.26. The van der Waals surface area contributed by atoms with Crippen LogP contribution in [0.15, 0.2) is 24.4 Å². The summed E-state index contributed by atoms with van der Waals surface area (Å²) in [6.07, 6.45) is 1.65. The first kappa shape index (κ1) is 13.5. The highest BCUT2D eigenvalue weighted by Gasteiger charge is 2.12. The minimum Gasteiger partial charge on any atom is -0.369 e. The van der Waals surface area contributed by atoms with Crippen molar-refractivity contribution in [1.82, 2.24) is 9.97 Å². The predicted octanol–water partition coefficient (Wildman–Crippen LogP) is 3.97. The summed E-state index contributed by atoms with van der Waals surface area (Å²) in [6, 6.07) is 4.78. The molecule has 3 nitrogen and oxygen atoms in total. The Morgan fingerprint density at radius 3 is 2.94 bits per heavy atom. The highest BCUT2D eigenvalue weighted by molar-refractivity contribution is 14.1. The van der Waals surface area contributed by atoms with Gasteiger partial charge in [-0.2, -0.15) is 0 Å². The molecule has 0 spiro atoms. The minimum atomic E-state index is -0.497. The van der Waals surface area contributed by atoms with E-state index in [1.807, 2.05) is 6.92 Å². The molecule has 94 valence electrons. The molecule has 2 aromatic rings. The zero-order valence-electron chi connectivity index (χ0n) is 9.54. The number of nitrogens with zero attached hydrogens (tertiary/aromatic N) is 2. The third kappa shape index (κ3) is 2.72. The highest BCUT2D eigenvalue weighted by atomic mass is 127. The first-order valence-corrected chi connectivity index (χ1v) is 6.80. The molecular weight excluding hydrogens is 368 g/mol. The van der Waals surface area contributed by atoms with Crippen LogP contribution in [0.25, 0.3) is 11.4 Å². The Kier molecular flexibility index (Phi) is 4.34. The predicted molar refractivity (Wildman–Crippen MR) is 79.3 cm³/mol. The molecule has 0 amide bonds. The Morgan fingerprint density at radius 2 is 2.22 bits per heavy atom. The first-order chi connectivity index (χ1) is 8.63. The molecule has 0 aliphatic carbocycles. The van der Waals surface area contributed by atoms with Crippen LogP contribution in [-0.4, -0.2) is 16.5 Å². The van der Waals surface area contributed by atoms with Crippen molar-refractivity contribution < 1.29 is 4.39 Å². The van der Waals surface area contributed by atoms with E-state index in [0.29, 0.717) is 17.2 Å². The Hall–Kier alpha value is -0.950. The smallest absolute Gasteiger partial charge is 0.164 e. The Morgan fingerprint density at radius 1 is 1.44 bits per heavy atom. The Labute approximate surface area is 123 Å². The maximum atomic E-state index is 13.9. The van der Waals surface area contributed by atoms with Crippen LogP contribution in [0.3, 0.4) is 0 Å². The summed E-state index contributed by atoms with van der Waals surface area (Å²) < 4.78 is 14.8. The van der Waals surface area contributed by atoms with E-state index in [1.54, 1.807) is 18.3 Å². The summed E-state index contributed by atoms with van der Waals surface area (Å²) in [5.41, 5.74) is 0.304. The van der Waals surface area contributed by atoms with Crippen LogP contribution in [0.1, 0.15) is 6.92 Å². The molecule has 1 heterocycles. The molecule has 0 unspecified atom stereocenters. The van der Waals surface area contributed by atoms with Crippen molar-refractivity contribution >= 4 is 40.0 Å². The lowest BCUT2D eigenvalue weighted by molar-refractivity contribution is 0.630. The summed E-state index contributed by atoms with van der Waals surface area (Å²) in [7, 11) is 0. The second-order valence-corrected chi connectivity index (χ2v) is 5.09. The van der Waals surface area contributed by atoms with Crippen molar-refractivity contribution in [2.75, 3.05) is 11.9 Å². The van der Waals surface area contributed by atoms with Crippen LogP contribution < -0.4 is 5.32 Å². The maximum Gasteiger partial charge on any atom is 0.164 e. The maximum absolute atomic E-state index is 13.9. The van der Waals surface area contributed by atoms with Gasteiger partial charge in [0.25, 0.3) is 0 Å². The molecule has 1 aromatic carbocycles. The summed E-state index contributed by atoms with van der Waals surface area (Å²) in [6.45, 7) is 2.71. The van der Waals surface area contributed by atoms with Crippen molar-refractivity contribution in [2.45, 2.75) is 6.92 Å². The van der Waals surface area contributed by atoms with E-state index in [9.17, 15) is 4.39 Å². The summed E-state index contributed by atoms with van der Waals surface area (Å²) in [5.74, 6) is 0.525. The third-order valence-electron chi connectivity index (χ3n) is 2.28. The van der Waals surface area contributed by atoms with Gasteiger partial charge in [-0.05, 0) is 41.6 Å². The molecule has 6 heteroatoms. The van der Waals surface area contributed by atoms with E-state index in [1.165, 1.54) is 6.07 Å². The van der Waals surface area contributed by atoms with Crippen LogP contribution in [0.2, 0.25) is 5.02 Å². The van der Waals surface area contributed by atoms with Gasteiger partial charge < -0.3 is 5.32 Å². The molecule has 18 heavy (non-hydrogen) atoms. The van der Waals surface area contributed by atoms with Crippen LogP contribution in [0.5, 0.6) is 0 Å². The average molecular weight is 378 g/mol. The number of rotatable bonds is 3. The van der Waals surface area contributed by atoms with Crippen molar-refractivity contribution in [1.29, 1.82) is 0 Å². The van der Waals surface area contributed by atoms with E-state index in [-0.39, 0.29) is 5.02 Å². The molecule has 2 rings (SSSR count). The van der Waals surface area contributed by atoms with Crippen LogP contribution in [-0.2, 0) is 0 Å². The van der Waals surface area contributed by atoms with Crippen molar-refractivity contribution in [3.63, 3.8) is 0 Å². The molecule has 1 aromatic heterocycles. The van der Waals surface area contributed by atoms with E-state index < -0.39 is 5.82 Å². The lowest BCUT2D eigenvalue weighted by Gasteiger charge is -2.08. The standard InChI is InChI=1S/C12H10ClFIN3/c1-2-16-12-9(15)6-17-11(18-12)7-4-3-5-8(13)10(7)14/h3-6H,2H2,1H3,(H,16,17,18). The van der Waals surface area contributed by atoms with E-state index in [4.69, 9.17) is 11.6 Å². The monoisotopic (exact) mass is 377 g/mol. The molecule has 0 fully saturated rings. The number of anilines is 1. The van der Waals surface area contributed by atoms with Gasteiger partial charge in [0.2, 0.25) is 0 Å². The van der Waals surface area contributed by atoms with Crippen LogP contribution in [0.4, 0.5) is 10.2 Å². The molecule has 0 radical (unpaired) electrons. The van der Waals surface area contributed by atoms with Gasteiger partial charge in [0.15, 0.2) is 11.6 Å². The molecule has 0 atom stereocenters. The summed E-state index contributed by atoms with van der Waals surface area (Å²) >= 11 is 7.88. The lowest BCUT2D eigenvalue weighted by atomic mass is 10.2. The fraction of sp³-hybridized carbons (Fsp3) is 0.167. The lowest BCUT2D eigenvalue weighted by Crippen LogP contribution is -2.04. The van der Waals surface area contributed by atoms with E-state index in [2.05, 4.69) is 37.9 Å². The summed E-state index contributed by atoms with van der Waals surface area (Å²) in [4.78, 5) is 8.44. The molecule has 0 saturated carbocycles. The number of benzene rings is 1. The van der Waals surface area contributed by atoms with Gasteiger partial charge in [-0.3, -0.25) is 0 Å². The topological polar surface area (TPSA) is 37.8 Å². The summed E-state index contributed by atoms with van der Waals surface area (Å²) in [5, 5.41) is 3.18. The van der Waals surface area contributed by atoms with Gasteiger partial charge in [0, 0.05) is 12.7 Å². The molecule has 0 bridgehead atoms. The van der Waals surface area contributed by atoms with E-state index >= 15 is 0 Å². The fourth-order valence-corrected chi connectivity index (χ4v) is 2.09. The van der Waals surface area contributed by atoms with Crippen molar-refractivity contribution in [3.05, 3.63) is 38.8 Å². The zero-order chi connectivity index (χ0) is 13.1. The number of hydrogen-bond donors (Lipinski definition) is 1. The largest absolute Gasteiger partial charge is 0.369 e. The van der Waals surface area contributed by atoms with Gasteiger partial charge in [-0.1, -0.05) is 17.7 Å². The van der Waals surface area contributed by atoms with E-state index in [0.717, 1.165) is 10.1 Å². The number of halogens is 3. The number of aromatic nitrogens is 2. The molecule has 0 aliphatic heterocycles. The molecule has 1 N–H and O–H groups in total. The first-order valence-electron chi connectivity index (χ1n) is 5.34. The SMILES string of the molecule is CCNc1nc(-c2cccc(Cl)c2F)ncc1I. The van der Waals surface area contributed by atoms with Gasteiger partial charge >= 0.3 is 0 Å². The van der Waals surface area contributed by atoms with Crippen molar-refractivity contribution in [2.24, 2.45) is 0 Å².